The molecule has 0 fully saturated rings. The summed E-state index contributed by atoms with van der Waals surface area (Å²) >= 11 is 0. The maximum atomic E-state index is 12.9. The number of carbonyl (C=O) groups excluding carboxylic acids is 2. The van der Waals surface area contributed by atoms with Crippen LogP contribution in [-0.2, 0) is 0 Å². The van der Waals surface area contributed by atoms with E-state index in [4.69, 9.17) is 4.74 Å². The number of rotatable bonds is 8. The van der Waals surface area contributed by atoms with Crippen molar-refractivity contribution < 1.29 is 24.5 Å². The molecule has 0 spiro atoms. The van der Waals surface area contributed by atoms with E-state index in [0.29, 0.717) is 6.61 Å². The number of benzene rings is 2. The van der Waals surface area contributed by atoms with Crippen LogP contribution in [0.3, 0.4) is 0 Å². The molecule has 0 radical (unpaired) electrons. The molecule has 2 aromatic rings. The van der Waals surface area contributed by atoms with E-state index in [9.17, 15) is 19.8 Å². The summed E-state index contributed by atoms with van der Waals surface area (Å²) in [7, 11) is 0. The molecule has 5 nitrogen and oxygen atoms in total. The van der Waals surface area contributed by atoms with E-state index in [1.54, 1.807) is 24.3 Å². The fourth-order valence-corrected chi connectivity index (χ4v) is 3.41. The van der Waals surface area contributed by atoms with Gasteiger partial charge in [0.05, 0.1) is 17.7 Å². The molecule has 0 bridgehead atoms. The summed E-state index contributed by atoms with van der Waals surface area (Å²) in [6, 6.07) is 7.68. The second-order valence-corrected chi connectivity index (χ2v) is 6.81. The molecule has 0 aromatic heterocycles. The number of phenols is 2. The van der Waals surface area contributed by atoms with Gasteiger partial charge in [-0.3, -0.25) is 9.59 Å². The standard InChI is InChI=1S/C22H24O5/c1-2-3-4-5-6-9-12-27-17-13-16(23)22(26)19-18(17)20(24)14-10-7-8-11-15(14)21(19)25/h7-8,10-11,13,23,26H,2-6,9,12H2,1H3. The average molecular weight is 368 g/mol. The smallest absolute Gasteiger partial charge is 0.198 e. The quantitative estimate of drug-likeness (QED) is 0.448. The van der Waals surface area contributed by atoms with Crippen LogP contribution < -0.4 is 4.74 Å². The van der Waals surface area contributed by atoms with Gasteiger partial charge in [0.25, 0.3) is 0 Å². The van der Waals surface area contributed by atoms with E-state index >= 15 is 0 Å². The van der Waals surface area contributed by atoms with Crippen LogP contribution in [0, 0.1) is 0 Å². The lowest BCUT2D eigenvalue weighted by molar-refractivity contribution is 0.0972. The van der Waals surface area contributed by atoms with Gasteiger partial charge in [0, 0.05) is 17.2 Å². The molecule has 0 amide bonds. The largest absolute Gasteiger partial charge is 0.504 e. The maximum absolute atomic E-state index is 12.9. The number of phenolic OH excluding ortho intramolecular Hbond substituents is 2. The molecule has 1 aliphatic carbocycles. The molecule has 27 heavy (non-hydrogen) atoms. The first-order valence-corrected chi connectivity index (χ1v) is 9.46. The van der Waals surface area contributed by atoms with E-state index in [0.717, 1.165) is 19.3 Å². The van der Waals surface area contributed by atoms with E-state index in [2.05, 4.69) is 6.92 Å². The molecule has 0 aliphatic heterocycles. The van der Waals surface area contributed by atoms with Crippen molar-refractivity contribution in [1.82, 2.24) is 0 Å². The van der Waals surface area contributed by atoms with E-state index in [1.165, 1.54) is 25.3 Å². The Morgan fingerprint density at radius 1 is 0.852 bits per heavy atom. The zero-order chi connectivity index (χ0) is 19.4. The number of ketones is 2. The van der Waals surface area contributed by atoms with Crippen molar-refractivity contribution in [1.29, 1.82) is 0 Å². The minimum Gasteiger partial charge on any atom is -0.504 e. The number of aromatic hydroxyl groups is 2. The summed E-state index contributed by atoms with van der Waals surface area (Å²) in [5.41, 5.74) is 0.346. The lowest BCUT2D eigenvalue weighted by Crippen LogP contribution is -2.22. The number of hydrogen-bond donors (Lipinski definition) is 2. The predicted molar refractivity (Wildman–Crippen MR) is 102 cm³/mol. The van der Waals surface area contributed by atoms with Gasteiger partial charge in [-0.25, -0.2) is 0 Å². The van der Waals surface area contributed by atoms with E-state index < -0.39 is 17.3 Å². The van der Waals surface area contributed by atoms with Gasteiger partial charge in [0.15, 0.2) is 23.1 Å². The maximum Gasteiger partial charge on any atom is 0.198 e. The molecule has 2 aromatic carbocycles. The molecule has 0 saturated carbocycles. The normalized spacial score (nSPS) is 12.6. The number of carbonyl (C=O) groups is 2. The van der Waals surface area contributed by atoms with Crippen molar-refractivity contribution in [3.8, 4) is 17.2 Å². The molecule has 0 saturated heterocycles. The first kappa shape index (κ1) is 19.0. The zero-order valence-electron chi connectivity index (χ0n) is 15.5. The van der Waals surface area contributed by atoms with E-state index in [-0.39, 0.29) is 33.8 Å². The number of unbranched alkanes of at least 4 members (excludes halogenated alkanes) is 5. The minimum atomic E-state index is -0.579. The summed E-state index contributed by atoms with van der Waals surface area (Å²) in [6.45, 7) is 2.55. The Kier molecular flexibility index (Phi) is 5.79. The lowest BCUT2D eigenvalue weighted by atomic mass is 9.83. The predicted octanol–water partition coefficient (Wildman–Crippen LogP) is 4.61. The van der Waals surface area contributed by atoms with Gasteiger partial charge >= 0.3 is 0 Å². The van der Waals surface area contributed by atoms with Crippen molar-refractivity contribution in [2.24, 2.45) is 0 Å². The molecular formula is C22H24O5. The molecule has 5 heteroatoms. The van der Waals surface area contributed by atoms with Gasteiger partial charge < -0.3 is 14.9 Å². The lowest BCUT2D eigenvalue weighted by Gasteiger charge is -2.21. The molecule has 3 rings (SSSR count). The highest BCUT2D eigenvalue weighted by molar-refractivity contribution is 6.30. The fraction of sp³-hybridized carbons (Fsp3) is 0.364. The molecule has 2 N–H and O–H groups in total. The number of ether oxygens (including phenoxy) is 1. The van der Waals surface area contributed by atoms with Gasteiger partial charge in [-0.15, -0.1) is 0 Å². The highest BCUT2D eigenvalue weighted by Crippen LogP contribution is 2.43. The third-order valence-corrected chi connectivity index (χ3v) is 4.87. The molecule has 1 aliphatic rings. The minimum absolute atomic E-state index is 0.0278. The van der Waals surface area contributed by atoms with Crippen LogP contribution in [0.1, 0.15) is 77.3 Å². The van der Waals surface area contributed by atoms with Crippen LogP contribution in [0.5, 0.6) is 17.2 Å². The van der Waals surface area contributed by atoms with Crippen LogP contribution >= 0.6 is 0 Å². The molecular weight excluding hydrogens is 344 g/mol. The summed E-state index contributed by atoms with van der Waals surface area (Å²) < 4.78 is 5.74. The first-order chi connectivity index (χ1) is 13.1. The number of fused-ring (bicyclic) bond motifs is 2. The van der Waals surface area contributed by atoms with Gasteiger partial charge in [-0.2, -0.15) is 0 Å². The summed E-state index contributed by atoms with van der Waals surface area (Å²) in [4.78, 5) is 25.7. The Balaban J connectivity index is 1.84. The molecule has 0 atom stereocenters. The van der Waals surface area contributed by atoms with Gasteiger partial charge in [0.2, 0.25) is 0 Å². The zero-order valence-corrected chi connectivity index (χ0v) is 15.5. The second-order valence-electron chi connectivity index (χ2n) is 6.81. The van der Waals surface area contributed by atoms with Crippen molar-refractivity contribution in [2.45, 2.75) is 45.4 Å². The highest BCUT2D eigenvalue weighted by Gasteiger charge is 2.36. The molecule has 0 heterocycles. The highest BCUT2D eigenvalue weighted by atomic mass is 16.5. The van der Waals surface area contributed by atoms with Crippen molar-refractivity contribution in [2.75, 3.05) is 6.61 Å². The van der Waals surface area contributed by atoms with Crippen molar-refractivity contribution in [3.63, 3.8) is 0 Å². The summed E-state index contributed by atoms with van der Waals surface area (Å²) in [5, 5.41) is 20.2. The number of hydrogen-bond acceptors (Lipinski definition) is 5. The first-order valence-electron chi connectivity index (χ1n) is 9.46. The van der Waals surface area contributed by atoms with Crippen LogP contribution in [-0.4, -0.2) is 28.4 Å². The SMILES string of the molecule is CCCCCCCCOc1cc(O)c(O)c2c1C(=O)c1ccccc1C2=O. The van der Waals surface area contributed by atoms with Crippen LogP contribution in [0.25, 0.3) is 0 Å². The Hall–Kier alpha value is -2.82. The van der Waals surface area contributed by atoms with Crippen LogP contribution in [0.2, 0.25) is 0 Å². The van der Waals surface area contributed by atoms with Crippen molar-refractivity contribution in [3.05, 3.63) is 52.6 Å². The Morgan fingerprint density at radius 2 is 1.44 bits per heavy atom. The van der Waals surface area contributed by atoms with Gasteiger partial charge in [0.1, 0.15) is 5.75 Å². The van der Waals surface area contributed by atoms with Crippen molar-refractivity contribution >= 4 is 11.6 Å². The molecule has 0 unspecified atom stereocenters. The van der Waals surface area contributed by atoms with Gasteiger partial charge in [-0.1, -0.05) is 63.3 Å². The topological polar surface area (TPSA) is 83.8 Å². The fourth-order valence-electron chi connectivity index (χ4n) is 3.41. The summed E-state index contributed by atoms with van der Waals surface area (Å²) in [5.74, 6) is -1.77. The molecule has 142 valence electrons. The monoisotopic (exact) mass is 368 g/mol. The second kappa shape index (κ2) is 8.25. The third kappa shape index (κ3) is 3.68. The van der Waals surface area contributed by atoms with E-state index in [1.807, 2.05) is 0 Å². The Labute approximate surface area is 158 Å². The Morgan fingerprint density at radius 3 is 2.11 bits per heavy atom. The van der Waals surface area contributed by atoms with Crippen LogP contribution in [0.4, 0.5) is 0 Å². The van der Waals surface area contributed by atoms with Gasteiger partial charge in [-0.05, 0) is 6.42 Å². The van der Waals surface area contributed by atoms with Crippen LogP contribution in [0.15, 0.2) is 30.3 Å². The summed E-state index contributed by atoms with van der Waals surface area (Å²) in [6.07, 6.45) is 6.56. The Bertz CT molecular complexity index is 869. The third-order valence-electron chi connectivity index (χ3n) is 4.87. The average Bonchev–Trinajstić information content (AvgIpc) is 2.67.